The lowest BCUT2D eigenvalue weighted by atomic mass is 10.0. The number of anilines is 1. The Hall–Kier alpha value is -1.40. The lowest BCUT2D eigenvalue weighted by Crippen LogP contribution is -2.39. The van der Waals surface area contributed by atoms with Crippen LogP contribution in [0.2, 0.25) is 0 Å². The average molecular weight is 252 g/mol. The highest BCUT2D eigenvalue weighted by Gasteiger charge is 2.33. The summed E-state index contributed by atoms with van der Waals surface area (Å²) >= 11 is 0. The first-order valence-corrected chi connectivity index (χ1v) is 6.23. The predicted octanol–water partition coefficient (Wildman–Crippen LogP) is 0.706. The van der Waals surface area contributed by atoms with Gasteiger partial charge in [-0.1, -0.05) is 13.8 Å². The molecule has 1 aromatic heterocycles. The molecule has 1 amide bonds. The zero-order valence-electron chi connectivity index (χ0n) is 11.0. The van der Waals surface area contributed by atoms with Gasteiger partial charge in [-0.15, -0.1) is 0 Å². The minimum absolute atomic E-state index is 0.0475. The van der Waals surface area contributed by atoms with E-state index in [-0.39, 0.29) is 17.9 Å². The number of likely N-dealkylation sites (N-methyl/N-ethyl adjacent to an activating group) is 1. The van der Waals surface area contributed by atoms with Crippen molar-refractivity contribution in [3.63, 3.8) is 0 Å². The molecule has 0 spiro atoms. The van der Waals surface area contributed by atoms with Gasteiger partial charge in [0.15, 0.2) is 5.82 Å². The molecule has 6 heteroatoms. The Balaban J connectivity index is 1.98. The summed E-state index contributed by atoms with van der Waals surface area (Å²) in [4.78, 5) is 12.1. The maximum absolute atomic E-state index is 12.1. The van der Waals surface area contributed by atoms with E-state index in [0.717, 1.165) is 5.69 Å². The first kappa shape index (κ1) is 13.0. The normalized spacial score (nSPS) is 23.6. The summed E-state index contributed by atoms with van der Waals surface area (Å²) in [6.45, 7) is 5.17. The van der Waals surface area contributed by atoms with E-state index in [0.29, 0.717) is 24.9 Å². The van der Waals surface area contributed by atoms with Crippen LogP contribution in [0.5, 0.6) is 0 Å². The Labute approximate surface area is 106 Å². The van der Waals surface area contributed by atoms with Crippen LogP contribution < -0.4 is 10.6 Å². The molecule has 0 aromatic carbocycles. The van der Waals surface area contributed by atoms with Gasteiger partial charge in [0.05, 0.1) is 19.1 Å². The van der Waals surface area contributed by atoms with Crippen molar-refractivity contribution in [3.8, 4) is 0 Å². The van der Waals surface area contributed by atoms with Crippen molar-refractivity contribution in [2.45, 2.75) is 25.8 Å². The molecule has 2 unspecified atom stereocenters. The van der Waals surface area contributed by atoms with E-state index in [4.69, 9.17) is 4.74 Å². The van der Waals surface area contributed by atoms with Crippen LogP contribution in [0.1, 0.15) is 25.5 Å². The molecule has 18 heavy (non-hydrogen) atoms. The summed E-state index contributed by atoms with van der Waals surface area (Å²) in [7, 11) is 1.84. The summed E-state index contributed by atoms with van der Waals surface area (Å²) in [5.41, 5.74) is 1.01. The Morgan fingerprint density at radius 3 is 2.94 bits per heavy atom. The monoisotopic (exact) mass is 252 g/mol. The molecule has 2 rings (SSSR count). The third-order valence-electron chi connectivity index (χ3n) is 3.26. The van der Waals surface area contributed by atoms with Crippen molar-refractivity contribution in [3.05, 3.63) is 11.8 Å². The molecule has 1 fully saturated rings. The van der Waals surface area contributed by atoms with Crippen molar-refractivity contribution in [2.24, 2.45) is 5.92 Å². The maximum Gasteiger partial charge on any atom is 0.232 e. The Kier molecular flexibility index (Phi) is 3.98. The van der Waals surface area contributed by atoms with Crippen molar-refractivity contribution in [1.29, 1.82) is 0 Å². The van der Waals surface area contributed by atoms with Gasteiger partial charge in [0.2, 0.25) is 5.91 Å². The second kappa shape index (κ2) is 5.49. The number of hydrogen-bond acceptors (Lipinski definition) is 4. The molecule has 2 heterocycles. The molecule has 0 bridgehead atoms. The topological polar surface area (TPSA) is 79.0 Å². The molecule has 1 aliphatic rings. The number of nitrogens with one attached hydrogen (secondary N) is 3. The van der Waals surface area contributed by atoms with E-state index in [1.54, 1.807) is 0 Å². The van der Waals surface area contributed by atoms with Crippen LogP contribution in [0.25, 0.3) is 0 Å². The van der Waals surface area contributed by atoms with E-state index in [1.807, 2.05) is 13.1 Å². The first-order valence-electron chi connectivity index (χ1n) is 6.23. The molecule has 0 radical (unpaired) electrons. The molecule has 0 aliphatic carbocycles. The lowest BCUT2D eigenvalue weighted by molar-refractivity contribution is -0.120. The summed E-state index contributed by atoms with van der Waals surface area (Å²) in [6.07, 6.45) is 0. The number of rotatable bonds is 4. The van der Waals surface area contributed by atoms with Gasteiger partial charge in [-0.25, -0.2) is 0 Å². The van der Waals surface area contributed by atoms with E-state index in [1.165, 1.54) is 0 Å². The highest BCUT2D eigenvalue weighted by molar-refractivity contribution is 5.92. The lowest BCUT2D eigenvalue weighted by Gasteiger charge is -2.15. The van der Waals surface area contributed by atoms with Crippen LogP contribution in [-0.2, 0) is 9.53 Å². The predicted molar refractivity (Wildman–Crippen MR) is 68.5 cm³/mol. The van der Waals surface area contributed by atoms with Crippen LogP contribution in [-0.4, -0.2) is 42.4 Å². The quantitative estimate of drug-likeness (QED) is 0.737. The van der Waals surface area contributed by atoms with E-state index >= 15 is 0 Å². The molecule has 6 nitrogen and oxygen atoms in total. The fraction of sp³-hybridized carbons (Fsp3) is 0.667. The number of amides is 1. The minimum Gasteiger partial charge on any atom is -0.379 e. The highest BCUT2D eigenvalue weighted by atomic mass is 16.5. The van der Waals surface area contributed by atoms with Crippen molar-refractivity contribution in [2.75, 3.05) is 25.6 Å². The SMILES string of the molecule is CNC1COCC1C(=O)Nc1cc(C(C)C)[nH]n1. The number of carbonyl (C=O) groups excluding carboxylic acids is 1. The van der Waals surface area contributed by atoms with Gasteiger partial charge in [-0.3, -0.25) is 9.89 Å². The van der Waals surface area contributed by atoms with Crippen molar-refractivity contribution in [1.82, 2.24) is 15.5 Å². The number of ether oxygens (including phenoxy) is 1. The fourth-order valence-corrected chi connectivity index (χ4v) is 2.01. The molecule has 1 saturated heterocycles. The van der Waals surface area contributed by atoms with E-state index < -0.39 is 0 Å². The molecule has 0 saturated carbocycles. The average Bonchev–Trinajstić information content (AvgIpc) is 2.96. The van der Waals surface area contributed by atoms with Crippen LogP contribution in [0.3, 0.4) is 0 Å². The van der Waals surface area contributed by atoms with Gasteiger partial charge in [-0.05, 0) is 13.0 Å². The standard InChI is InChI=1S/C12H20N4O2/c1-7(2)9-4-11(16-15-9)14-12(17)8-5-18-6-10(8)13-3/h4,7-8,10,13H,5-6H2,1-3H3,(H2,14,15,16,17). The first-order chi connectivity index (χ1) is 8.61. The second-order valence-electron chi connectivity index (χ2n) is 4.89. The summed E-state index contributed by atoms with van der Waals surface area (Å²) in [6, 6.07) is 1.95. The summed E-state index contributed by atoms with van der Waals surface area (Å²) in [5, 5.41) is 12.9. The van der Waals surface area contributed by atoms with Gasteiger partial charge in [0.25, 0.3) is 0 Å². The molecule has 3 N–H and O–H groups in total. The smallest absolute Gasteiger partial charge is 0.232 e. The number of hydrogen-bond donors (Lipinski definition) is 3. The number of aromatic amines is 1. The van der Waals surface area contributed by atoms with Crippen molar-refractivity contribution < 1.29 is 9.53 Å². The Morgan fingerprint density at radius 2 is 2.33 bits per heavy atom. The maximum atomic E-state index is 12.1. The minimum atomic E-state index is -0.158. The van der Waals surface area contributed by atoms with Gasteiger partial charge >= 0.3 is 0 Å². The van der Waals surface area contributed by atoms with E-state index in [2.05, 4.69) is 34.7 Å². The number of carbonyl (C=O) groups is 1. The zero-order chi connectivity index (χ0) is 13.1. The number of nitrogens with zero attached hydrogens (tertiary/aromatic N) is 1. The summed E-state index contributed by atoms with van der Waals surface area (Å²) in [5.74, 6) is 0.733. The van der Waals surface area contributed by atoms with Crippen LogP contribution in [0, 0.1) is 5.92 Å². The second-order valence-corrected chi connectivity index (χ2v) is 4.89. The third-order valence-corrected chi connectivity index (χ3v) is 3.26. The van der Waals surface area contributed by atoms with Crippen LogP contribution in [0.4, 0.5) is 5.82 Å². The van der Waals surface area contributed by atoms with E-state index in [9.17, 15) is 4.79 Å². The molecule has 2 atom stereocenters. The largest absolute Gasteiger partial charge is 0.379 e. The van der Waals surface area contributed by atoms with Crippen LogP contribution in [0.15, 0.2) is 6.07 Å². The molecular weight excluding hydrogens is 232 g/mol. The summed E-state index contributed by atoms with van der Waals surface area (Å²) < 4.78 is 5.31. The van der Waals surface area contributed by atoms with Gasteiger partial charge < -0.3 is 15.4 Å². The number of aromatic nitrogens is 2. The number of H-pyrrole nitrogens is 1. The van der Waals surface area contributed by atoms with Gasteiger partial charge in [0.1, 0.15) is 0 Å². The fourth-order valence-electron chi connectivity index (χ4n) is 2.01. The van der Waals surface area contributed by atoms with Gasteiger partial charge in [-0.2, -0.15) is 5.10 Å². The van der Waals surface area contributed by atoms with Gasteiger partial charge in [0, 0.05) is 17.8 Å². The highest BCUT2D eigenvalue weighted by Crippen LogP contribution is 2.18. The van der Waals surface area contributed by atoms with Crippen molar-refractivity contribution >= 4 is 11.7 Å². The molecular formula is C12H20N4O2. The third kappa shape index (κ3) is 2.70. The Morgan fingerprint density at radius 1 is 1.56 bits per heavy atom. The Bertz CT molecular complexity index is 416. The molecule has 100 valence electrons. The zero-order valence-corrected chi connectivity index (χ0v) is 11.0. The molecule has 1 aliphatic heterocycles. The molecule has 1 aromatic rings. The van der Waals surface area contributed by atoms with Crippen LogP contribution >= 0.6 is 0 Å².